The van der Waals surface area contributed by atoms with Gasteiger partial charge in [0.05, 0.1) is 13.1 Å². The lowest BCUT2D eigenvalue weighted by Gasteiger charge is -2.39. The van der Waals surface area contributed by atoms with Crippen LogP contribution in [0.1, 0.15) is 5.82 Å². The van der Waals surface area contributed by atoms with Crippen LogP contribution in [0, 0.1) is 0 Å². The standard InChI is InChI=1S/C8H13N5/c1-2-13-8(10-6-11-13)5-12(1)7-3-9-4-7/h6-7,9H,1-5H2. The summed E-state index contributed by atoms with van der Waals surface area (Å²) in [6, 6.07) is 0.727. The summed E-state index contributed by atoms with van der Waals surface area (Å²) in [5.74, 6) is 1.11. The molecular formula is C8H13N5. The smallest absolute Gasteiger partial charge is 0.141 e. The van der Waals surface area contributed by atoms with Gasteiger partial charge >= 0.3 is 0 Å². The summed E-state index contributed by atoms with van der Waals surface area (Å²) in [6.45, 7) is 5.34. The molecule has 0 unspecified atom stereocenters. The summed E-state index contributed by atoms with van der Waals surface area (Å²) < 4.78 is 2.00. The van der Waals surface area contributed by atoms with E-state index in [1.165, 1.54) is 0 Å². The Kier molecular flexibility index (Phi) is 1.60. The van der Waals surface area contributed by atoms with Crippen LogP contribution in [-0.4, -0.2) is 45.3 Å². The molecule has 0 aliphatic carbocycles. The van der Waals surface area contributed by atoms with E-state index in [-0.39, 0.29) is 0 Å². The first-order valence-corrected chi connectivity index (χ1v) is 4.75. The van der Waals surface area contributed by atoms with E-state index in [1.54, 1.807) is 6.33 Å². The van der Waals surface area contributed by atoms with E-state index in [2.05, 4.69) is 20.3 Å². The van der Waals surface area contributed by atoms with Crippen LogP contribution in [0.15, 0.2) is 6.33 Å². The van der Waals surface area contributed by atoms with E-state index in [4.69, 9.17) is 0 Å². The van der Waals surface area contributed by atoms with E-state index < -0.39 is 0 Å². The van der Waals surface area contributed by atoms with Crippen LogP contribution in [0.2, 0.25) is 0 Å². The predicted molar refractivity (Wildman–Crippen MR) is 47.1 cm³/mol. The van der Waals surface area contributed by atoms with Crippen LogP contribution in [0.5, 0.6) is 0 Å². The molecule has 2 aliphatic rings. The van der Waals surface area contributed by atoms with Gasteiger partial charge in [0.25, 0.3) is 0 Å². The number of aromatic nitrogens is 3. The minimum absolute atomic E-state index is 0.727. The summed E-state index contributed by atoms with van der Waals surface area (Å²) in [5, 5.41) is 7.45. The summed E-state index contributed by atoms with van der Waals surface area (Å²) in [7, 11) is 0. The second-order valence-electron chi connectivity index (χ2n) is 3.68. The van der Waals surface area contributed by atoms with Crippen molar-refractivity contribution in [2.75, 3.05) is 19.6 Å². The van der Waals surface area contributed by atoms with Crippen LogP contribution in [-0.2, 0) is 13.1 Å². The van der Waals surface area contributed by atoms with Gasteiger partial charge in [-0.1, -0.05) is 0 Å². The summed E-state index contributed by atoms with van der Waals surface area (Å²) in [5.41, 5.74) is 0. The Morgan fingerprint density at radius 3 is 3.08 bits per heavy atom. The van der Waals surface area contributed by atoms with Crippen molar-refractivity contribution in [1.29, 1.82) is 0 Å². The van der Waals surface area contributed by atoms with Crippen molar-refractivity contribution in [2.45, 2.75) is 19.1 Å². The van der Waals surface area contributed by atoms with Crippen LogP contribution in [0.25, 0.3) is 0 Å². The SMILES string of the molecule is c1nc2n(n1)CCN(C1CNC1)C2. The van der Waals surface area contributed by atoms with E-state index in [0.717, 1.165) is 44.6 Å². The number of rotatable bonds is 1. The number of hydrogen-bond donors (Lipinski definition) is 1. The Morgan fingerprint density at radius 2 is 2.31 bits per heavy atom. The van der Waals surface area contributed by atoms with Crippen molar-refractivity contribution >= 4 is 0 Å². The summed E-state index contributed by atoms with van der Waals surface area (Å²) in [4.78, 5) is 6.72. The van der Waals surface area contributed by atoms with Gasteiger partial charge in [0.2, 0.25) is 0 Å². The average molecular weight is 179 g/mol. The third-order valence-electron chi connectivity index (χ3n) is 2.92. The molecule has 0 radical (unpaired) electrons. The van der Waals surface area contributed by atoms with Crippen molar-refractivity contribution in [3.63, 3.8) is 0 Å². The first kappa shape index (κ1) is 7.46. The maximum Gasteiger partial charge on any atom is 0.141 e. The molecule has 1 N–H and O–H groups in total. The molecule has 5 heteroatoms. The van der Waals surface area contributed by atoms with Gasteiger partial charge in [0, 0.05) is 25.7 Å². The fraction of sp³-hybridized carbons (Fsp3) is 0.750. The molecule has 13 heavy (non-hydrogen) atoms. The Hall–Kier alpha value is -0.940. The molecule has 5 nitrogen and oxygen atoms in total. The molecular weight excluding hydrogens is 166 g/mol. The number of hydrogen-bond acceptors (Lipinski definition) is 4. The van der Waals surface area contributed by atoms with E-state index in [0.29, 0.717) is 0 Å². The zero-order chi connectivity index (χ0) is 8.67. The Balaban J connectivity index is 1.76. The lowest BCUT2D eigenvalue weighted by molar-refractivity contribution is 0.108. The normalized spacial score (nSPS) is 24.0. The minimum atomic E-state index is 0.727. The number of fused-ring (bicyclic) bond motifs is 1. The molecule has 0 bridgehead atoms. The van der Waals surface area contributed by atoms with Gasteiger partial charge in [-0.25, -0.2) is 9.67 Å². The average Bonchev–Trinajstić information content (AvgIpc) is 2.47. The quantitative estimate of drug-likeness (QED) is 0.605. The first-order chi connectivity index (χ1) is 6.43. The van der Waals surface area contributed by atoms with E-state index >= 15 is 0 Å². The Morgan fingerprint density at radius 1 is 1.38 bits per heavy atom. The van der Waals surface area contributed by atoms with Gasteiger partial charge in [-0.3, -0.25) is 4.90 Å². The van der Waals surface area contributed by atoms with Gasteiger partial charge in [-0.15, -0.1) is 0 Å². The molecule has 0 aromatic carbocycles. The monoisotopic (exact) mass is 179 g/mol. The number of nitrogens with zero attached hydrogens (tertiary/aromatic N) is 4. The molecule has 0 saturated carbocycles. The molecule has 1 aromatic heterocycles. The summed E-state index contributed by atoms with van der Waals surface area (Å²) >= 11 is 0. The van der Waals surface area contributed by atoms with Crippen molar-refractivity contribution in [3.8, 4) is 0 Å². The van der Waals surface area contributed by atoms with Crippen molar-refractivity contribution < 1.29 is 0 Å². The van der Waals surface area contributed by atoms with Gasteiger partial charge in [0.15, 0.2) is 0 Å². The molecule has 1 aromatic rings. The molecule has 3 heterocycles. The van der Waals surface area contributed by atoms with Crippen molar-refractivity contribution in [1.82, 2.24) is 25.0 Å². The topological polar surface area (TPSA) is 46.0 Å². The second kappa shape index (κ2) is 2.78. The molecule has 0 amide bonds. The fourth-order valence-corrected chi connectivity index (χ4v) is 1.92. The van der Waals surface area contributed by atoms with Gasteiger partial charge in [0.1, 0.15) is 12.2 Å². The van der Waals surface area contributed by atoms with Gasteiger partial charge in [-0.2, -0.15) is 5.10 Å². The molecule has 1 saturated heterocycles. The lowest BCUT2D eigenvalue weighted by Crippen LogP contribution is -2.58. The second-order valence-corrected chi connectivity index (χ2v) is 3.68. The van der Waals surface area contributed by atoms with Crippen LogP contribution < -0.4 is 5.32 Å². The minimum Gasteiger partial charge on any atom is -0.314 e. The maximum atomic E-state index is 4.24. The van der Waals surface area contributed by atoms with Crippen LogP contribution in [0.4, 0.5) is 0 Å². The molecule has 70 valence electrons. The van der Waals surface area contributed by atoms with Crippen molar-refractivity contribution in [2.24, 2.45) is 0 Å². The Bertz CT molecular complexity index is 303. The molecule has 2 aliphatic heterocycles. The maximum absolute atomic E-state index is 4.24. The zero-order valence-electron chi connectivity index (χ0n) is 7.48. The fourth-order valence-electron chi connectivity index (χ4n) is 1.92. The highest BCUT2D eigenvalue weighted by Gasteiger charge is 2.28. The number of nitrogens with one attached hydrogen (secondary N) is 1. The zero-order valence-corrected chi connectivity index (χ0v) is 7.48. The summed E-state index contributed by atoms with van der Waals surface area (Å²) in [6.07, 6.45) is 1.65. The molecule has 1 fully saturated rings. The largest absolute Gasteiger partial charge is 0.314 e. The van der Waals surface area contributed by atoms with Gasteiger partial charge < -0.3 is 5.32 Å². The highest BCUT2D eigenvalue weighted by Crippen LogP contribution is 2.13. The Labute approximate surface area is 76.7 Å². The highest BCUT2D eigenvalue weighted by atomic mass is 15.4. The molecule has 0 spiro atoms. The lowest BCUT2D eigenvalue weighted by atomic mass is 10.1. The van der Waals surface area contributed by atoms with Crippen LogP contribution >= 0.6 is 0 Å². The molecule has 0 atom stereocenters. The van der Waals surface area contributed by atoms with Crippen molar-refractivity contribution in [3.05, 3.63) is 12.2 Å². The molecule has 3 rings (SSSR count). The predicted octanol–water partition coefficient (Wildman–Crippen LogP) is -0.934. The highest BCUT2D eigenvalue weighted by molar-refractivity contribution is 4.93. The van der Waals surface area contributed by atoms with E-state index in [9.17, 15) is 0 Å². The third-order valence-corrected chi connectivity index (χ3v) is 2.92. The van der Waals surface area contributed by atoms with Crippen LogP contribution in [0.3, 0.4) is 0 Å². The van der Waals surface area contributed by atoms with Gasteiger partial charge in [-0.05, 0) is 0 Å². The third kappa shape index (κ3) is 1.15. The first-order valence-electron chi connectivity index (χ1n) is 4.75. The van der Waals surface area contributed by atoms with E-state index in [1.807, 2.05) is 4.68 Å².